The third-order valence-corrected chi connectivity index (χ3v) is 14.9. The van der Waals surface area contributed by atoms with Crippen LogP contribution in [0.15, 0.2) is 0 Å². The van der Waals surface area contributed by atoms with Crippen LogP contribution < -0.4 is 5.32 Å². The lowest BCUT2D eigenvalue weighted by atomic mass is 9.95. The monoisotopic (exact) mass is 1190 g/mol. The fourth-order valence-electron chi connectivity index (χ4n) is 10.2. The molecule has 37 nitrogen and oxygen atoms in total. The van der Waals surface area contributed by atoms with Crippen molar-refractivity contribution >= 4 is 5.91 Å². The second-order valence-corrected chi connectivity index (χ2v) is 20.4. The number of rotatable bonds is 20. The van der Waals surface area contributed by atoms with Crippen molar-refractivity contribution in [2.45, 2.75) is 222 Å². The van der Waals surface area contributed by atoms with E-state index in [4.69, 9.17) is 61.6 Å². The first-order chi connectivity index (χ1) is 38.3. The van der Waals surface area contributed by atoms with E-state index in [1.165, 1.54) is 0 Å². The number of hydrogen-bond acceptors (Lipinski definition) is 36. The van der Waals surface area contributed by atoms with Gasteiger partial charge >= 0.3 is 0 Å². The highest BCUT2D eigenvalue weighted by Crippen LogP contribution is 2.37. The summed E-state index contributed by atoms with van der Waals surface area (Å²) in [4.78, 5) is 12.0. The topological polar surface area (TPSA) is 594 Å². The molecule has 23 N–H and O–H groups in total. The summed E-state index contributed by atoms with van der Waals surface area (Å²) < 4.78 is 73.9. The molecule has 7 rings (SSSR count). The summed E-state index contributed by atoms with van der Waals surface area (Å²) in [7, 11) is 0. The predicted molar refractivity (Wildman–Crippen MR) is 243 cm³/mol. The highest BCUT2D eigenvalue weighted by atomic mass is 16.8. The van der Waals surface area contributed by atoms with E-state index in [9.17, 15) is 117 Å². The highest BCUT2D eigenvalue weighted by molar-refractivity contribution is 5.73. The predicted octanol–water partition coefficient (Wildman–Crippen LogP) is -16.1. The van der Waals surface area contributed by atoms with E-state index in [1.54, 1.807) is 0 Å². The molecule has 0 saturated carbocycles. The lowest BCUT2D eigenvalue weighted by molar-refractivity contribution is -0.395. The fourth-order valence-corrected chi connectivity index (χ4v) is 10.2. The number of amides is 1. The lowest BCUT2D eigenvalue weighted by Crippen LogP contribution is -2.68. The van der Waals surface area contributed by atoms with Crippen molar-refractivity contribution in [1.82, 2.24) is 5.32 Å². The Morgan fingerprint density at radius 1 is 0.321 bits per heavy atom. The first kappa shape index (κ1) is 66.6. The van der Waals surface area contributed by atoms with Gasteiger partial charge in [0.25, 0.3) is 0 Å². The Balaban J connectivity index is 1.19. The SMILES string of the molecule is CC(=O)N[C@H]1[C@H](O)[C@@H](O[C@@H]2O[C@H](CO[C@H]3O[C@H](CO[C@@H]4O[C@@H](CO)[C@H](O)[C@@H](O)[C@H]4O)[C@@H](O)[C@H](O[C@H]4O[C@H](CO)[C@@H](O)[C@H](O)[C@@H]4O[C@H]4O[C@H](CO)[C@@H](O)[C@H](O)[C@@H]4O)[C@@H]3O)[C@@H](O)[C@H](O[C@@H]3O[C@@H](CO)[C@H](O)[C@@H](O)[C@H]3O)[C@@H]2O)[C@H](CO)O[C@@H]1O. The summed E-state index contributed by atoms with van der Waals surface area (Å²) in [5, 5.41) is 238. The van der Waals surface area contributed by atoms with Gasteiger partial charge in [-0.1, -0.05) is 0 Å². The van der Waals surface area contributed by atoms with Gasteiger partial charge in [0.2, 0.25) is 5.91 Å². The van der Waals surface area contributed by atoms with Crippen molar-refractivity contribution in [2.24, 2.45) is 0 Å². The summed E-state index contributed by atoms with van der Waals surface area (Å²) >= 11 is 0. The Kier molecular flexibility index (Phi) is 23.6. The molecule has 472 valence electrons. The normalized spacial score (nSPS) is 51.9. The summed E-state index contributed by atoms with van der Waals surface area (Å²) in [5.41, 5.74) is 0. The minimum absolute atomic E-state index is 0.779. The Bertz CT molecular complexity index is 1940. The number of aliphatic hydroxyl groups is 22. The Morgan fingerprint density at radius 3 is 1.09 bits per heavy atom. The van der Waals surface area contributed by atoms with E-state index in [1.807, 2.05) is 0 Å². The molecule has 7 saturated heterocycles. The molecule has 7 fully saturated rings. The maximum absolute atomic E-state index is 12.0. The van der Waals surface area contributed by atoms with Gasteiger partial charge in [-0.3, -0.25) is 4.79 Å². The van der Waals surface area contributed by atoms with E-state index >= 15 is 0 Å². The Morgan fingerprint density at radius 2 is 0.642 bits per heavy atom. The average molecular weight is 1190 g/mol. The molecule has 1 amide bonds. The van der Waals surface area contributed by atoms with Crippen LogP contribution in [0.25, 0.3) is 0 Å². The van der Waals surface area contributed by atoms with Crippen molar-refractivity contribution in [2.75, 3.05) is 46.2 Å². The third-order valence-electron chi connectivity index (χ3n) is 14.9. The molecule has 37 heteroatoms. The maximum atomic E-state index is 12.0. The zero-order valence-electron chi connectivity index (χ0n) is 42.7. The van der Waals surface area contributed by atoms with E-state index in [-0.39, 0.29) is 0 Å². The minimum atomic E-state index is -2.34. The number of carbonyl (C=O) groups excluding carboxylic acids is 1. The van der Waals surface area contributed by atoms with Crippen LogP contribution in [0.4, 0.5) is 0 Å². The standard InChI is InChI=1S/C44H75NO36/c1-9(51)45-17-24(58)34(14(6-50)71-38(17)68)78-43-33(67)36(79-41-30(64)26(60)19(53)11(3-47)73-41)23(57)16(77-43)8-70-40-32(66)35(22(56)15(76-40)7-69-39-29(63)25(59)18(52)10(2-46)72-39)80-44-37(28(62)21(55)13(5-49)75-44)81-42-31(65)27(61)20(54)12(4-48)74-42/h10-44,46-50,52-68H,2-8H2,1H3,(H,45,51)/t10-,11-,12+,13+,14-,15+,16+,17-,18-,19-,20+,21+,22+,23+,24-,25+,26+,27-,28-,29+,30+,31-,32-,33-,34-,35-,36-,37-,38-,39+,40-,41-,42+,43-,44+/m0/s1. The van der Waals surface area contributed by atoms with Crippen molar-refractivity contribution in [3.8, 4) is 0 Å². The molecule has 7 heterocycles. The minimum Gasteiger partial charge on any atom is -0.394 e. The molecule has 0 aromatic carbocycles. The molecule has 35 atom stereocenters. The van der Waals surface area contributed by atoms with Crippen LogP contribution in [-0.2, 0) is 66.4 Å². The molecular weight excluding hydrogens is 1120 g/mol. The van der Waals surface area contributed by atoms with Gasteiger partial charge in [0.15, 0.2) is 44.0 Å². The van der Waals surface area contributed by atoms with Gasteiger partial charge < -0.3 is 179 Å². The highest BCUT2D eigenvalue weighted by Gasteiger charge is 2.58. The lowest BCUT2D eigenvalue weighted by Gasteiger charge is -2.49. The number of nitrogens with one attached hydrogen (secondary N) is 1. The quantitative estimate of drug-likeness (QED) is 0.0538. The number of ether oxygens (including phenoxy) is 13. The summed E-state index contributed by atoms with van der Waals surface area (Å²) in [5.74, 6) is -0.779. The molecule has 0 aliphatic carbocycles. The first-order valence-corrected chi connectivity index (χ1v) is 25.6. The third kappa shape index (κ3) is 14.2. The average Bonchev–Trinajstić information content (AvgIpc) is 3.50. The number of aliphatic hydroxyl groups excluding tert-OH is 22. The molecular formula is C44H75NO36. The van der Waals surface area contributed by atoms with Crippen LogP contribution in [0.3, 0.4) is 0 Å². The van der Waals surface area contributed by atoms with Gasteiger partial charge in [-0.15, -0.1) is 0 Å². The van der Waals surface area contributed by atoms with Gasteiger partial charge in [-0.05, 0) is 0 Å². The second-order valence-electron chi connectivity index (χ2n) is 20.4. The van der Waals surface area contributed by atoms with Crippen LogP contribution in [0.5, 0.6) is 0 Å². The summed E-state index contributed by atoms with van der Waals surface area (Å²) in [6, 6.07) is -1.65. The van der Waals surface area contributed by atoms with Crippen molar-refractivity contribution in [3.63, 3.8) is 0 Å². The molecule has 7 aliphatic heterocycles. The van der Waals surface area contributed by atoms with E-state index in [0.717, 1.165) is 6.92 Å². The van der Waals surface area contributed by atoms with Crippen LogP contribution in [0, 0.1) is 0 Å². The molecule has 0 unspecified atom stereocenters. The molecule has 0 spiro atoms. The van der Waals surface area contributed by atoms with Crippen LogP contribution in [0.1, 0.15) is 6.92 Å². The van der Waals surface area contributed by atoms with Crippen LogP contribution >= 0.6 is 0 Å². The summed E-state index contributed by atoms with van der Waals surface area (Å²) in [6.45, 7) is -5.86. The second kappa shape index (κ2) is 28.7. The number of carbonyl (C=O) groups is 1. The van der Waals surface area contributed by atoms with Gasteiger partial charge in [0.05, 0.1) is 46.2 Å². The summed E-state index contributed by atoms with van der Waals surface area (Å²) in [6.07, 6.45) is -68.1. The van der Waals surface area contributed by atoms with E-state index < -0.39 is 267 Å². The molecule has 0 bridgehead atoms. The van der Waals surface area contributed by atoms with Crippen molar-refractivity contribution in [1.29, 1.82) is 0 Å². The molecule has 0 aromatic heterocycles. The van der Waals surface area contributed by atoms with Crippen molar-refractivity contribution < 1.29 is 179 Å². The fraction of sp³-hybridized carbons (Fsp3) is 0.977. The smallest absolute Gasteiger partial charge is 0.217 e. The zero-order chi connectivity index (χ0) is 59.6. The molecule has 7 aliphatic rings. The largest absolute Gasteiger partial charge is 0.394 e. The van der Waals surface area contributed by atoms with Gasteiger partial charge in [-0.25, -0.2) is 0 Å². The Hall–Kier alpha value is -1.93. The number of hydrogen-bond donors (Lipinski definition) is 23. The molecule has 0 radical (unpaired) electrons. The Labute approximate surface area is 457 Å². The van der Waals surface area contributed by atoms with Gasteiger partial charge in [-0.2, -0.15) is 0 Å². The molecule has 81 heavy (non-hydrogen) atoms. The van der Waals surface area contributed by atoms with Crippen LogP contribution in [0.2, 0.25) is 0 Å². The van der Waals surface area contributed by atoms with Gasteiger partial charge in [0, 0.05) is 6.92 Å². The van der Waals surface area contributed by atoms with Gasteiger partial charge in [0.1, 0.15) is 171 Å². The van der Waals surface area contributed by atoms with Crippen LogP contribution in [-0.4, -0.2) is 379 Å². The molecule has 0 aromatic rings. The maximum Gasteiger partial charge on any atom is 0.217 e. The van der Waals surface area contributed by atoms with E-state index in [2.05, 4.69) is 5.32 Å². The van der Waals surface area contributed by atoms with E-state index in [0.29, 0.717) is 0 Å². The zero-order valence-corrected chi connectivity index (χ0v) is 42.7. The first-order valence-electron chi connectivity index (χ1n) is 25.6. The van der Waals surface area contributed by atoms with Crippen molar-refractivity contribution in [3.05, 3.63) is 0 Å².